The third kappa shape index (κ3) is 4.72. The van der Waals surface area contributed by atoms with Crippen LogP contribution < -0.4 is 5.32 Å². The molecule has 30 heavy (non-hydrogen) atoms. The molecule has 4 rings (SSSR count). The molecule has 0 bridgehead atoms. The molecule has 1 unspecified atom stereocenters. The average Bonchev–Trinajstić information content (AvgIpc) is 3.38. The Morgan fingerprint density at radius 1 is 1.10 bits per heavy atom. The molecule has 1 atom stereocenters. The minimum atomic E-state index is -0.501. The molecule has 1 N–H and O–H groups in total. The third-order valence-corrected chi connectivity index (χ3v) is 5.74. The first-order valence-corrected chi connectivity index (χ1v) is 10.5. The highest BCUT2D eigenvalue weighted by molar-refractivity contribution is 7.99. The van der Waals surface area contributed by atoms with Gasteiger partial charge >= 0.3 is 0 Å². The zero-order valence-corrected chi connectivity index (χ0v) is 17.5. The molecule has 0 fully saturated rings. The Kier molecular flexibility index (Phi) is 6.15. The molecule has 0 saturated carbocycles. The minimum absolute atomic E-state index is 0.217. The van der Waals surface area contributed by atoms with Crippen LogP contribution in [0, 0.1) is 6.92 Å². The fraction of sp³-hybridized carbons (Fsp3) is 0.143. The van der Waals surface area contributed by atoms with E-state index in [1.165, 1.54) is 11.8 Å². The molecule has 0 spiro atoms. The van der Waals surface area contributed by atoms with E-state index in [9.17, 15) is 4.79 Å². The Labute approximate surface area is 181 Å². The van der Waals surface area contributed by atoms with Gasteiger partial charge < -0.3 is 14.4 Å². The van der Waals surface area contributed by atoms with Gasteiger partial charge in [-0.15, -0.1) is 11.8 Å². The summed E-state index contributed by atoms with van der Waals surface area (Å²) in [6.45, 7) is 1.76. The van der Waals surface area contributed by atoms with E-state index in [0.717, 1.165) is 5.56 Å². The smallest absolute Gasteiger partial charge is 0.243 e. The van der Waals surface area contributed by atoms with Crippen molar-refractivity contribution in [2.45, 2.75) is 17.9 Å². The molecule has 0 aliphatic carbocycles. The molecular formula is C21H17ClN4O3S. The van der Waals surface area contributed by atoms with Gasteiger partial charge in [-0.1, -0.05) is 64.4 Å². The van der Waals surface area contributed by atoms with E-state index in [1.807, 2.05) is 48.5 Å². The number of halogens is 1. The molecular weight excluding hydrogens is 424 g/mol. The van der Waals surface area contributed by atoms with E-state index >= 15 is 0 Å². The van der Waals surface area contributed by atoms with Crippen LogP contribution in [0.15, 0.2) is 69.7 Å². The zero-order valence-electron chi connectivity index (χ0n) is 15.9. The number of anilines is 1. The quantitative estimate of drug-likeness (QED) is 0.416. The molecule has 152 valence electrons. The monoisotopic (exact) mass is 440 g/mol. The number of amides is 1. The summed E-state index contributed by atoms with van der Waals surface area (Å²) in [7, 11) is 0. The molecule has 2 heterocycles. The average molecular weight is 441 g/mol. The van der Waals surface area contributed by atoms with Crippen molar-refractivity contribution >= 4 is 35.1 Å². The Morgan fingerprint density at radius 2 is 1.87 bits per heavy atom. The standard InChI is InChI=1S/C21H17ClN4O3S/c1-13-11-17(25-28-13)23-21(27)19(14-7-3-2-4-8-14)30-12-18-24-20(26-29-18)15-9-5-6-10-16(15)22/h2-11,19H,12H2,1H3,(H,23,25,27). The summed E-state index contributed by atoms with van der Waals surface area (Å²) in [5.41, 5.74) is 1.55. The van der Waals surface area contributed by atoms with Crippen molar-refractivity contribution in [3.05, 3.63) is 82.9 Å². The second-order valence-corrected chi connectivity index (χ2v) is 7.91. The number of carbonyl (C=O) groups excluding carboxylic acids is 1. The molecule has 2 aromatic carbocycles. The molecule has 0 radical (unpaired) electrons. The predicted octanol–water partition coefficient (Wildman–Crippen LogP) is 5.30. The number of aromatic nitrogens is 3. The Hall–Kier alpha value is -3.10. The largest absolute Gasteiger partial charge is 0.360 e. The van der Waals surface area contributed by atoms with E-state index < -0.39 is 5.25 Å². The Balaban J connectivity index is 1.50. The fourth-order valence-electron chi connectivity index (χ4n) is 2.79. The van der Waals surface area contributed by atoms with Crippen LogP contribution in [-0.4, -0.2) is 21.2 Å². The van der Waals surface area contributed by atoms with Crippen LogP contribution in [0.5, 0.6) is 0 Å². The normalized spacial score (nSPS) is 11.9. The van der Waals surface area contributed by atoms with Crippen LogP contribution in [0.4, 0.5) is 5.82 Å². The van der Waals surface area contributed by atoms with Crippen molar-refractivity contribution in [2.75, 3.05) is 5.32 Å². The van der Waals surface area contributed by atoms with Crippen LogP contribution >= 0.6 is 23.4 Å². The first-order valence-electron chi connectivity index (χ1n) is 9.08. The maximum atomic E-state index is 12.9. The van der Waals surface area contributed by atoms with Crippen LogP contribution in [-0.2, 0) is 10.5 Å². The second-order valence-electron chi connectivity index (χ2n) is 6.41. The number of thioether (sulfide) groups is 1. The number of rotatable bonds is 7. The topological polar surface area (TPSA) is 94.1 Å². The van der Waals surface area contributed by atoms with E-state index in [1.54, 1.807) is 19.1 Å². The first-order chi connectivity index (χ1) is 14.6. The van der Waals surface area contributed by atoms with Crippen LogP contribution in [0.2, 0.25) is 5.02 Å². The lowest BCUT2D eigenvalue weighted by Crippen LogP contribution is -2.19. The predicted molar refractivity (Wildman–Crippen MR) is 115 cm³/mol. The summed E-state index contributed by atoms with van der Waals surface area (Å²) in [5.74, 6) is 1.94. The lowest BCUT2D eigenvalue weighted by Gasteiger charge is -2.15. The minimum Gasteiger partial charge on any atom is -0.360 e. The second kappa shape index (κ2) is 9.15. The van der Waals surface area contributed by atoms with E-state index in [4.69, 9.17) is 20.6 Å². The lowest BCUT2D eigenvalue weighted by atomic mass is 10.1. The summed E-state index contributed by atoms with van der Waals surface area (Å²) >= 11 is 7.58. The van der Waals surface area contributed by atoms with Gasteiger partial charge in [0.15, 0.2) is 5.82 Å². The Morgan fingerprint density at radius 3 is 2.60 bits per heavy atom. The molecule has 0 saturated heterocycles. The van der Waals surface area contributed by atoms with Crippen LogP contribution in [0.25, 0.3) is 11.4 Å². The molecule has 0 aliphatic heterocycles. The van der Waals surface area contributed by atoms with Gasteiger partial charge in [0, 0.05) is 11.6 Å². The number of carbonyl (C=O) groups is 1. The van der Waals surface area contributed by atoms with Crippen molar-refractivity contribution in [1.29, 1.82) is 0 Å². The van der Waals surface area contributed by atoms with E-state index in [-0.39, 0.29) is 5.91 Å². The van der Waals surface area contributed by atoms with Gasteiger partial charge in [-0.05, 0) is 24.6 Å². The summed E-state index contributed by atoms with van der Waals surface area (Å²) < 4.78 is 10.4. The molecule has 4 aromatic rings. The number of hydrogen-bond acceptors (Lipinski definition) is 7. The van der Waals surface area contributed by atoms with Gasteiger partial charge in [0.1, 0.15) is 11.0 Å². The molecule has 0 aliphatic rings. The zero-order chi connectivity index (χ0) is 20.9. The molecule has 7 nitrogen and oxygen atoms in total. The Bertz CT molecular complexity index is 1150. The van der Waals surface area contributed by atoms with Gasteiger partial charge in [0.2, 0.25) is 17.6 Å². The SMILES string of the molecule is Cc1cc(NC(=O)C(SCc2nc(-c3ccccc3Cl)no2)c2ccccc2)no1. The summed E-state index contributed by atoms with van der Waals surface area (Å²) in [4.78, 5) is 17.3. The highest BCUT2D eigenvalue weighted by Crippen LogP contribution is 2.33. The summed E-state index contributed by atoms with van der Waals surface area (Å²) in [6, 6.07) is 18.4. The van der Waals surface area contributed by atoms with Gasteiger partial charge in [-0.25, -0.2) is 0 Å². The first kappa shape index (κ1) is 20.2. The highest BCUT2D eigenvalue weighted by Gasteiger charge is 2.24. The third-order valence-electron chi connectivity index (χ3n) is 4.18. The maximum Gasteiger partial charge on any atom is 0.243 e. The van der Waals surface area contributed by atoms with Crippen LogP contribution in [0.3, 0.4) is 0 Å². The highest BCUT2D eigenvalue weighted by atomic mass is 35.5. The van der Waals surface area contributed by atoms with Crippen molar-refractivity contribution < 1.29 is 13.8 Å². The van der Waals surface area contributed by atoms with Gasteiger partial charge in [0.05, 0.1) is 10.8 Å². The summed E-state index contributed by atoms with van der Waals surface area (Å²) in [6.07, 6.45) is 0. The van der Waals surface area contributed by atoms with E-state index in [0.29, 0.717) is 39.6 Å². The van der Waals surface area contributed by atoms with Crippen LogP contribution in [0.1, 0.15) is 22.5 Å². The lowest BCUT2D eigenvalue weighted by molar-refractivity contribution is -0.115. The molecule has 1 amide bonds. The summed E-state index contributed by atoms with van der Waals surface area (Å²) in [5, 5.41) is 10.7. The van der Waals surface area contributed by atoms with Crippen molar-refractivity contribution in [3.8, 4) is 11.4 Å². The number of benzene rings is 2. The molecule has 2 aromatic heterocycles. The molecule has 9 heteroatoms. The van der Waals surface area contributed by atoms with Gasteiger partial charge in [0.25, 0.3) is 0 Å². The van der Waals surface area contributed by atoms with Gasteiger partial charge in [-0.2, -0.15) is 4.98 Å². The van der Waals surface area contributed by atoms with Gasteiger partial charge in [-0.3, -0.25) is 4.79 Å². The fourth-order valence-corrected chi connectivity index (χ4v) is 3.99. The van der Waals surface area contributed by atoms with Crippen molar-refractivity contribution in [3.63, 3.8) is 0 Å². The number of nitrogens with zero attached hydrogens (tertiary/aromatic N) is 3. The number of nitrogens with one attached hydrogen (secondary N) is 1. The van der Waals surface area contributed by atoms with Crippen molar-refractivity contribution in [1.82, 2.24) is 15.3 Å². The number of hydrogen-bond donors (Lipinski definition) is 1. The van der Waals surface area contributed by atoms with Crippen molar-refractivity contribution in [2.24, 2.45) is 0 Å². The van der Waals surface area contributed by atoms with E-state index in [2.05, 4.69) is 20.6 Å². The number of aryl methyl sites for hydroxylation is 1. The maximum absolute atomic E-state index is 12.9.